The van der Waals surface area contributed by atoms with Crippen LogP contribution >= 0.6 is 0 Å². The van der Waals surface area contributed by atoms with Crippen molar-refractivity contribution in [3.63, 3.8) is 0 Å². The van der Waals surface area contributed by atoms with Crippen LogP contribution in [0.25, 0.3) is 0 Å². The second kappa shape index (κ2) is 8.25. The van der Waals surface area contributed by atoms with Gasteiger partial charge < -0.3 is 10.1 Å². The van der Waals surface area contributed by atoms with Gasteiger partial charge in [0.15, 0.2) is 0 Å². The van der Waals surface area contributed by atoms with Gasteiger partial charge in [-0.2, -0.15) is 0 Å². The van der Waals surface area contributed by atoms with E-state index in [2.05, 4.69) is 28.3 Å². The van der Waals surface area contributed by atoms with E-state index in [1.54, 1.807) is 13.3 Å². The molecule has 0 radical (unpaired) electrons. The van der Waals surface area contributed by atoms with E-state index in [9.17, 15) is 4.79 Å². The maximum absolute atomic E-state index is 12.7. The molecule has 1 amide bonds. The van der Waals surface area contributed by atoms with Crippen LogP contribution in [0.4, 0.5) is 0 Å². The molecule has 1 unspecified atom stereocenters. The summed E-state index contributed by atoms with van der Waals surface area (Å²) in [7, 11) is 3.71. The number of hydrogen-bond donors (Lipinski definition) is 1. The van der Waals surface area contributed by atoms with Gasteiger partial charge in [-0.1, -0.05) is 6.07 Å². The number of aromatic nitrogens is 1. The minimum absolute atomic E-state index is 0.149. The maximum atomic E-state index is 12.7. The lowest BCUT2D eigenvalue weighted by Gasteiger charge is -2.35. The minimum atomic E-state index is -0.351. The van der Waals surface area contributed by atoms with E-state index < -0.39 is 0 Å². The molecule has 1 aliphatic heterocycles. The molecule has 2 heterocycles. The minimum Gasteiger partial charge on any atom is -0.383 e. The first kappa shape index (κ1) is 16.9. The van der Waals surface area contributed by atoms with E-state index in [-0.39, 0.29) is 11.4 Å². The number of likely N-dealkylation sites (tertiary alicyclic amines) is 1. The van der Waals surface area contributed by atoms with Gasteiger partial charge >= 0.3 is 0 Å². The lowest BCUT2D eigenvalue weighted by Crippen LogP contribution is -2.54. The summed E-state index contributed by atoms with van der Waals surface area (Å²) in [5, 5.41) is 3.03. The fraction of sp³-hybridized carbons (Fsp3) is 0.647. The SMILES string of the molecule is COCCNC(=O)C1(CCCc2cccnc2)CCCN1C. The molecule has 0 aromatic carbocycles. The van der Waals surface area contributed by atoms with E-state index in [1.165, 1.54) is 5.56 Å². The first-order chi connectivity index (χ1) is 10.7. The van der Waals surface area contributed by atoms with E-state index in [0.29, 0.717) is 13.2 Å². The Morgan fingerprint density at radius 3 is 3.05 bits per heavy atom. The Morgan fingerprint density at radius 2 is 2.41 bits per heavy atom. The number of aryl methyl sites for hydroxylation is 1. The van der Waals surface area contributed by atoms with Crippen molar-refractivity contribution in [3.8, 4) is 0 Å². The van der Waals surface area contributed by atoms with E-state index in [0.717, 1.165) is 38.6 Å². The third-order valence-corrected chi connectivity index (χ3v) is 4.61. The molecule has 2 rings (SSSR count). The zero-order valence-corrected chi connectivity index (χ0v) is 13.7. The van der Waals surface area contributed by atoms with Crippen molar-refractivity contribution in [2.75, 3.05) is 33.9 Å². The summed E-state index contributed by atoms with van der Waals surface area (Å²) >= 11 is 0. The average Bonchev–Trinajstić information content (AvgIpc) is 2.91. The number of hydrogen-bond acceptors (Lipinski definition) is 4. The number of nitrogens with one attached hydrogen (secondary N) is 1. The number of pyridine rings is 1. The van der Waals surface area contributed by atoms with Gasteiger partial charge in [0, 0.05) is 26.0 Å². The summed E-state index contributed by atoms with van der Waals surface area (Å²) < 4.78 is 5.02. The molecule has 22 heavy (non-hydrogen) atoms. The van der Waals surface area contributed by atoms with Gasteiger partial charge in [0.05, 0.1) is 6.61 Å². The number of methoxy groups -OCH3 is 1. The van der Waals surface area contributed by atoms with E-state index >= 15 is 0 Å². The number of nitrogens with zero attached hydrogens (tertiary/aromatic N) is 2. The number of amides is 1. The van der Waals surface area contributed by atoms with Crippen molar-refractivity contribution < 1.29 is 9.53 Å². The van der Waals surface area contributed by atoms with Gasteiger partial charge in [-0.05, 0) is 57.3 Å². The van der Waals surface area contributed by atoms with Gasteiger partial charge in [0.25, 0.3) is 0 Å². The number of rotatable bonds is 8. The Hall–Kier alpha value is -1.46. The molecule has 0 spiro atoms. The molecule has 0 saturated carbocycles. The van der Waals surface area contributed by atoms with Crippen molar-refractivity contribution in [1.29, 1.82) is 0 Å². The van der Waals surface area contributed by atoms with Crippen LogP contribution in [-0.2, 0) is 16.0 Å². The van der Waals surface area contributed by atoms with Crippen molar-refractivity contribution >= 4 is 5.91 Å². The van der Waals surface area contributed by atoms with Crippen LogP contribution in [0, 0.1) is 0 Å². The lowest BCUT2D eigenvalue weighted by molar-refractivity contribution is -0.132. The van der Waals surface area contributed by atoms with Crippen LogP contribution < -0.4 is 5.32 Å². The number of ether oxygens (including phenoxy) is 1. The molecule has 5 nitrogen and oxygen atoms in total. The van der Waals surface area contributed by atoms with Crippen LogP contribution in [0.1, 0.15) is 31.2 Å². The molecule has 1 aromatic rings. The Morgan fingerprint density at radius 1 is 1.55 bits per heavy atom. The fourth-order valence-electron chi connectivity index (χ4n) is 3.29. The van der Waals surface area contributed by atoms with Crippen LogP contribution in [0.3, 0.4) is 0 Å². The number of carbonyl (C=O) groups excluding carboxylic acids is 1. The van der Waals surface area contributed by atoms with Gasteiger partial charge in [-0.3, -0.25) is 14.7 Å². The third kappa shape index (κ3) is 4.05. The van der Waals surface area contributed by atoms with Crippen molar-refractivity contribution in [2.24, 2.45) is 0 Å². The van der Waals surface area contributed by atoms with Gasteiger partial charge in [-0.25, -0.2) is 0 Å². The Kier molecular flexibility index (Phi) is 6.34. The average molecular weight is 305 g/mol. The molecular weight excluding hydrogens is 278 g/mol. The van der Waals surface area contributed by atoms with Crippen molar-refractivity contribution in [2.45, 2.75) is 37.6 Å². The van der Waals surface area contributed by atoms with E-state index in [1.807, 2.05) is 12.3 Å². The van der Waals surface area contributed by atoms with Crippen LogP contribution in [0.5, 0.6) is 0 Å². The molecule has 1 aromatic heterocycles. The first-order valence-electron chi connectivity index (χ1n) is 8.06. The van der Waals surface area contributed by atoms with Crippen LogP contribution in [-0.4, -0.2) is 55.2 Å². The molecule has 1 N–H and O–H groups in total. The summed E-state index contributed by atoms with van der Waals surface area (Å²) in [6.45, 7) is 2.12. The molecule has 1 saturated heterocycles. The van der Waals surface area contributed by atoms with Gasteiger partial charge in [0.2, 0.25) is 5.91 Å². The fourth-order valence-corrected chi connectivity index (χ4v) is 3.29. The molecular formula is C17H27N3O2. The van der Waals surface area contributed by atoms with Gasteiger partial charge in [0.1, 0.15) is 5.54 Å². The van der Waals surface area contributed by atoms with Crippen molar-refractivity contribution in [1.82, 2.24) is 15.2 Å². The highest BCUT2D eigenvalue weighted by molar-refractivity contribution is 5.86. The monoisotopic (exact) mass is 305 g/mol. The summed E-state index contributed by atoms with van der Waals surface area (Å²) in [5.41, 5.74) is 0.883. The summed E-state index contributed by atoms with van der Waals surface area (Å²) in [6, 6.07) is 4.06. The third-order valence-electron chi connectivity index (χ3n) is 4.61. The standard InChI is InChI=1S/C17H27N3O2/c1-20-12-5-9-17(20,16(21)19-11-13-22-2)8-3-6-15-7-4-10-18-14-15/h4,7,10,14H,3,5-6,8-9,11-13H2,1-2H3,(H,19,21). The van der Waals surface area contributed by atoms with Crippen LogP contribution in [0.15, 0.2) is 24.5 Å². The zero-order valence-electron chi connectivity index (χ0n) is 13.7. The normalized spacial score (nSPS) is 21.9. The highest BCUT2D eigenvalue weighted by Crippen LogP contribution is 2.33. The molecule has 1 aliphatic rings. The number of likely N-dealkylation sites (N-methyl/N-ethyl adjacent to an activating group) is 1. The summed E-state index contributed by atoms with van der Waals surface area (Å²) in [6.07, 6.45) is 8.57. The zero-order chi connectivity index (χ0) is 15.8. The predicted molar refractivity (Wildman–Crippen MR) is 86.7 cm³/mol. The Balaban J connectivity index is 1.92. The Labute approximate surface area is 133 Å². The smallest absolute Gasteiger partial charge is 0.240 e. The maximum Gasteiger partial charge on any atom is 0.240 e. The highest BCUT2D eigenvalue weighted by atomic mass is 16.5. The summed E-state index contributed by atoms with van der Waals surface area (Å²) in [4.78, 5) is 19.0. The van der Waals surface area contributed by atoms with E-state index in [4.69, 9.17) is 4.74 Å². The molecule has 122 valence electrons. The van der Waals surface area contributed by atoms with Crippen molar-refractivity contribution in [3.05, 3.63) is 30.1 Å². The molecule has 1 fully saturated rings. The predicted octanol–water partition coefficient (Wildman–Crippen LogP) is 1.63. The largest absolute Gasteiger partial charge is 0.383 e. The Bertz CT molecular complexity index is 466. The quantitative estimate of drug-likeness (QED) is 0.742. The molecule has 1 atom stereocenters. The molecule has 5 heteroatoms. The van der Waals surface area contributed by atoms with Crippen LogP contribution in [0.2, 0.25) is 0 Å². The molecule has 0 aliphatic carbocycles. The lowest BCUT2D eigenvalue weighted by atomic mass is 9.88. The topological polar surface area (TPSA) is 54.5 Å². The molecule has 0 bridgehead atoms. The second-order valence-electron chi connectivity index (χ2n) is 6.02. The number of carbonyl (C=O) groups is 1. The summed E-state index contributed by atoms with van der Waals surface area (Å²) in [5.74, 6) is 0.149. The van der Waals surface area contributed by atoms with Gasteiger partial charge in [-0.15, -0.1) is 0 Å². The second-order valence-corrected chi connectivity index (χ2v) is 6.02. The highest BCUT2D eigenvalue weighted by Gasteiger charge is 2.44. The first-order valence-corrected chi connectivity index (χ1v) is 8.06.